The number of hydrogen-bond acceptors (Lipinski definition) is 9. The third kappa shape index (κ3) is 6.02. The van der Waals surface area contributed by atoms with Gasteiger partial charge < -0.3 is 18.6 Å². The molecule has 2 aromatic carbocycles. The van der Waals surface area contributed by atoms with Gasteiger partial charge in [0.25, 0.3) is 0 Å². The van der Waals surface area contributed by atoms with Crippen molar-refractivity contribution in [1.82, 2.24) is 4.98 Å². The molecule has 39 heavy (non-hydrogen) atoms. The number of methoxy groups -OCH3 is 1. The lowest BCUT2D eigenvalue weighted by atomic mass is 9.95. The van der Waals surface area contributed by atoms with Crippen molar-refractivity contribution in [1.29, 1.82) is 0 Å². The van der Waals surface area contributed by atoms with Gasteiger partial charge in [0, 0.05) is 9.75 Å². The maximum absolute atomic E-state index is 13.5. The zero-order valence-corrected chi connectivity index (χ0v) is 23.1. The minimum Gasteiger partial charge on any atom is -0.497 e. The van der Waals surface area contributed by atoms with Crippen LogP contribution in [0.5, 0.6) is 11.5 Å². The second-order valence-corrected chi connectivity index (χ2v) is 12.9. The predicted octanol–water partition coefficient (Wildman–Crippen LogP) is 5.92. The number of sulfone groups is 1. The average Bonchev–Trinajstić information content (AvgIpc) is 3.66. The average molecular weight is 568 g/mol. The first kappa shape index (κ1) is 27.0. The van der Waals surface area contributed by atoms with Crippen LogP contribution in [-0.4, -0.2) is 32.2 Å². The third-order valence-electron chi connectivity index (χ3n) is 6.89. The third-order valence-corrected chi connectivity index (χ3v) is 10.9. The summed E-state index contributed by atoms with van der Waals surface area (Å²) in [5.41, 5.74) is 1.74. The second kappa shape index (κ2) is 11.6. The molecule has 0 bridgehead atoms. The summed E-state index contributed by atoms with van der Waals surface area (Å²) in [6, 6.07) is 18.5. The summed E-state index contributed by atoms with van der Waals surface area (Å²) >= 11 is 1.41. The van der Waals surface area contributed by atoms with E-state index in [2.05, 4.69) is 4.98 Å². The fraction of sp³-hybridized carbons (Fsp3) is 0.310. The standard InChI is InChI=1S/C29H29NO7S2/c1-34-23-8-4-21(5-9-23)18-36-28(31)16-29(14-2-3-15-39(29,32)33)27-13-12-26(38-27)22-6-10-24(11-7-22)35-19-25-17-30-20-37-25/h4-13,17,20H,2-3,14-16,18-19H2,1H3/t29-/m0/s1. The zero-order valence-electron chi connectivity index (χ0n) is 21.5. The van der Waals surface area contributed by atoms with Crippen LogP contribution >= 0.6 is 11.3 Å². The minimum absolute atomic E-state index is 0.0587. The van der Waals surface area contributed by atoms with E-state index < -0.39 is 20.6 Å². The van der Waals surface area contributed by atoms with E-state index in [1.807, 2.05) is 48.5 Å². The first-order valence-corrected chi connectivity index (χ1v) is 15.1. The van der Waals surface area contributed by atoms with Crippen LogP contribution in [0.1, 0.15) is 41.9 Å². The van der Waals surface area contributed by atoms with Gasteiger partial charge in [0.05, 0.1) is 25.5 Å². The number of aromatic nitrogens is 1. The zero-order chi connectivity index (χ0) is 27.3. The summed E-state index contributed by atoms with van der Waals surface area (Å²) < 4.78 is 47.3. The number of rotatable bonds is 10. The van der Waals surface area contributed by atoms with Crippen LogP contribution in [0.3, 0.4) is 0 Å². The molecule has 0 aliphatic carbocycles. The molecule has 1 aliphatic rings. The molecule has 0 spiro atoms. The number of carbonyl (C=O) groups excluding carboxylic acids is 1. The Morgan fingerprint density at radius 1 is 1.00 bits per heavy atom. The van der Waals surface area contributed by atoms with Gasteiger partial charge in [0.1, 0.15) is 29.5 Å². The number of benzene rings is 2. The van der Waals surface area contributed by atoms with Crippen molar-refractivity contribution in [3.8, 4) is 21.9 Å². The molecule has 10 heteroatoms. The first-order valence-electron chi connectivity index (χ1n) is 12.6. The maximum Gasteiger partial charge on any atom is 0.308 e. The molecule has 2 aromatic heterocycles. The van der Waals surface area contributed by atoms with Crippen molar-refractivity contribution in [2.75, 3.05) is 12.9 Å². The SMILES string of the molecule is COc1ccc(COC(=O)C[C@]2(c3ccc(-c4ccc(OCc5cnco5)cc4)s3)CCCCS2(=O)=O)cc1. The van der Waals surface area contributed by atoms with Crippen LogP contribution in [0, 0.1) is 0 Å². The van der Waals surface area contributed by atoms with E-state index in [1.165, 1.54) is 17.7 Å². The van der Waals surface area contributed by atoms with Gasteiger partial charge in [-0.05, 0) is 72.5 Å². The molecule has 204 valence electrons. The summed E-state index contributed by atoms with van der Waals surface area (Å²) in [7, 11) is -1.99. The largest absolute Gasteiger partial charge is 0.497 e. The van der Waals surface area contributed by atoms with Gasteiger partial charge in [0.2, 0.25) is 0 Å². The van der Waals surface area contributed by atoms with Crippen LogP contribution in [0.2, 0.25) is 0 Å². The van der Waals surface area contributed by atoms with Crippen molar-refractivity contribution < 1.29 is 31.8 Å². The molecule has 0 radical (unpaired) electrons. The van der Waals surface area contributed by atoms with E-state index in [1.54, 1.807) is 25.4 Å². The van der Waals surface area contributed by atoms with Crippen LogP contribution in [0.25, 0.3) is 10.4 Å². The summed E-state index contributed by atoms with van der Waals surface area (Å²) in [6.07, 6.45) is 4.47. The molecule has 1 atom stereocenters. The molecular weight excluding hydrogens is 538 g/mol. The summed E-state index contributed by atoms with van der Waals surface area (Å²) in [6.45, 7) is 0.344. The number of esters is 1. The monoisotopic (exact) mass is 567 g/mol. The Labute approximate surface area is 231 Å². The summed E-state index contributed by atoms with van der Waals surface area (Å²) in [5, 5.41) is 0. The maximum atomic E-state index is 13.5. The summed E-state index contributed by atoms with van der Waals surface area (Å²) in [4.78, 5) is 18.5. The highest BCUT2D eigenvalue weighted by molar-refractivity contribution is 7.92. The van der Waals surface area contributed by atoms with Gasteiger partial charge in [-0.2, -0.15) is 0 Å². The van der Waals surface area contributed by atoms with Crippen LogP contribution in [0.4, 0.5) is 0 Å². The van der Waals surface area contributed by atoms with E-state index in [0.29, 0.717) is 35.0 Å². The lowest BCUT2D eigenvalue weighted by Crippen LogP contribution is -2.42. The first-order chi connectivity index (χ1) is 18.9. The lowest BCUT2D eigenvalue weighted by Gasteiger charge is -2.35. The summed E-state index contributed by atoms with van der Waals surface area (Å²) in [5.74, 6) is 1.55. The molecular formula is C29H29NO7S2. The Bertz CT molecular complexity index is 1490. The molecule has 3 heterocycles. The predicted molar refractivity (Wildman–Crippen MR) is 147 cm³/mol. The smallest absolute Gasteiger partial charge is 0.308 e. The van der Waals surface area contributed by atoms with E-state index >= 15 is 0 Å². The van der Waals surface area contributed by atoms with Crippen molar-refractivity contribution in [2.45, 2.75) is 43.6 Å². The normalized spacial score (nSPS) is 18.4. The van der Waals surface area contributed by atoms with Crippen molar-refractivity contribution in [2.24, 2.45) is 0 Å². The Morgan fingerprint density at radius 3 is 2.46 bits per heavy atom. The highest BCUT2D eigenvalue weighted by atomic mass is 32.2. The molecule has 0 amide bonds. The van der Waals surface area contributed by atoms with Crippen LogP contribution < -0.4 is 9.47 Å². The minimum atomic E-state index is -3.57. The Hall–Kier alpha value is -3.63. The van der Waals surface area contributed by atoms with E-state index in [-0.39, 0.29) is 25.4 Å². The Kier molecular flexibility index (Phi) is 8.04. The quantitative estimate of drug-likeness (QED) is 0.218. The number of hydrogen-bond donors (Lipinski definition) is 0. The fourth-order valence-electron chi connectivity index (χ4n) is 4.71. The van der Waals surface area contributed by atoms with E-state index in [4.69, 9.17) is 18.6 Å². The molecule has 0 N–H and O–H groups in total. The lowest BCUT2D eigenvalue weighted by molar-refractivity contribution is -0.145. The van der Waals surface area contributed by atoms with Crippen molar-refractivity contribution >= 4 is 27.1 Å². The van der Waals surface area contributed by atoms with Gasteiger partial charge in [-0.25, -0.2) is 13.4 Å². The molecule has 8 nitrogen and oxygen atoms in total. The number of oxazole rings is 1. The van der Waals surface area contributed by atoms with Gasteiger partial charge in [-0.3, -0.25) is 4.79 Å². The van der Waals surface area contributed by atoms with E-state index in [0.717, 1.165) is 22.4 Å². The number of ether oxygens (including phenoxy) is 3. The van der Waals surface area contributed by atoms with Gasteiger partial charge >= 0.3 is 5.97 Å². The Balaban J connectivity index is 1.32. The van der Waals surface area contributed by atoms with E-state index in [9.17, 15) is 13.2 Å². The second-order valence-electron chi connectivity index (χ2n) is 9.40. The molecule has 1 fully saturated rings. The molecule has 5 rings (SSSR count). The molecule has 1 saturated heterocycles. The van der Waals surface area contributed by atoms with Gasteiger partial charge in [-0.1, -0.05) is 18.6 Å². The van der Waals surface area contributed by atoms with Crippen LogP contribution in [-0.2, 0) is 37.3 Å². The topological polar surface area (TPSA) is 105 Å². The van der Waals surface area contributed by atoms with Crippen molar-refractivity contribution in [3.63, 3.8) is 0 Å². The van der Waals surface area contributed by atoms with Crippen LogP contribution in [0.15, 0.2) is 77.7 Å². The van der Waals surface area contributed by atoms with Gasteiger partial charge in [0.15, 0.2) is 22.0 Å². The molecule has 0 unspecified atom stereocenters. The number of carbonyl (C=O) groups is 1. The molecule has 4 aromatic rings. The molecule has 0 saturated carbocycles. The van der Waals surface area contributed by atoms with Gasteiger partial charge in [-0.15, -0.1) is 11.3 Å². The van der Waals surface area contributed by atoms with Crippen molar-refractivity contribution in [3.05, 3.63) is 89.5 Å². The highest BCUT2D eigenvalue weighted by Gasteiger charge is 2.49. The fourth-order valence-corrected chi connectivity index (χ4v) is 8.48. The highest BCUT2D eigenvalue weighted by Crippen LogP contribution is 2.47. The molecule has 1 aliphatic heterocycles. The number of nitrogens with zero attached hydrogens (tertiary/aromatic N) is 1. The Morgan fingerprint density at radius 2 is 1.77 bits per heavy atom. The number of thiophene rings is 1.